The van der Waals surface area contributed by atoms with Crippen LogP contribution in [0.15, 0.2) is 29.2 Å². The van der Waals surface area contributed by atoms with Crippen LogP contribution in [0.25, 0.3) is 0 Å². The molecule has 1 aliphatic rings. The molecule has 13 heteroatoms. The molecule has 2 heterocycles. The van der Waals surface area contributed by atoms with Gasteiger partial charge >= 0.3 is 0 Å². The van der Waals surface area contributed by atoms with Gasteiger partial charge in [-0.25, -0.2) is 8.42 Å². The van der Waals surface area contributed by atoms with E-state index in [-0.39, 0.29) is 48.6 Å². The van der Waals surface area contributed by atoms with Crippen LogP contribution in [0.1, 0.15) is 38.1 Å². The normalized spacial score (nSPS) is 13.4. The number of anilines is 1. The second-order valence-electron chi connectivity index (χ2n) is 8.97. The first kappa shape index (κ1) is 29.7. The van der Waals surface area contributed by atoms with Crippen molar-refractivity contribution in [3.05, 3.63) is 45.8 Å². The Morgan fingerprint density at radius 1 is 1.05 bits per heavy atom. The minimum atomic E-state index is -3.83. The second kappa shape index (κ2) is 12.8. The molecule has 1 aromatic heterocycles. The highest BCUT2D eigenvalue weighted by atomic mass is 32.2. The molecule has 1 aliphatic heterocycles. The average molecular weight is 567 g/mol. The third kappa shape index (κ3) is 6.59. The maximum absolute atomic E-state index is 13.1. The minimum Gasteiger partial charge on any atom is -0.383 e. The lowest BCUT2D eigenvalue weighted by molar-refractivity contribution is -0.129. The molecule has 3 amide bonds. The first-order valence-electron chi connectivity index (χ1n) is 12.0. The predicted octanol–water partition coefficient (Wildman–Crippen LogP) is 1.89. The fourth-order valence-electron chi connectivity index (χ4n) is 4.05. The highest BCUT2D eigenvalue weighted by Gasteiger charge is 2.30. The van der Waals surface area contributed by atoms with Crippen molar-refractivity contribution < 1.29 is 32.3 Å². The molecule has 1 N–H and O–H groups in total. The Morgan fingerprint density at radius 2 is 1.66 bits per heavy atom. The standard InChI is InChI=1S/C25H34N4O7S2/c1-17(30)28-11-10-20-21(16-28)37-24(22(20)25(32)27(2)3)26-23(31)18-6-8-19(9-7-18)38(33,34)29(12-14-35-4)13-15-36-5/h6-9H,10-16H2,1-5H3,(H,26,31). The first-order valence-corrected chi connectivity index (χ1v) is 14.3. The van der Waals surface area contributed by atoms with Gasteiger partial charge in [0.1, 0.15) is 5.00 Å². The zero-order valence-corrected chi connectivity index (χ0v) is 23.9. The van der Waals surface area contributed by atoms with E-state index in [1.807, 2.05) is 0 Å². The highest BCUT2D eigenvalue weighted by molar-refractivity contribution is 7.89. The molecule has 11 nitrogen and oxygen atoms in total. The van der Waals surface area contributed by atoms with Crippen molar-refractivity contribution in [2.24, 2.45) is 0 Å². The van der Waals surface area contributed by atoms with E-state index in [2.05, 4.69) is 5.32 Å². The topological polar surface area (TPSA) is 126 Å². The summed E-state index contributed by atoms with van der Waals surface area (Å²) in [5, 5.41) is 3.24. The van der Waals surface area contributed by atoms with Crippen molar-refractivity contribution in [3.63, 3.8) is 0 Å². The molecule has 0 spiro atoms. The van der Waals surface area contributed by atoms with Gasteiger partial charge in [-0.05, 0) is 36.2 Å². The molecule has 0 radical (unpaired) electrons. The van der Waals surface area contributed by atoms with Gasteiger partial charge in [0.2, 0.25) is 15.9 Å². The Bertz CT molecular complexity index is 1270. The number of thiophene rings is 1. The summed E-state index contributed by atoms with van der Waals surface area (Å²) in [7, 11) is 2.45. The number of carbonyl (C=O) groups excluding carboxylic acids is 3. The number of rotatable bonds is 11. The van der Waals surface area contributed by atoms with E-state index in [1.165, 1.54) is 66.0 Å². The first-order chi connectivity index (χ1) is 18.0. The summed E-state index contributed by atoms with van der Waals surface area (Å²) in [5.41, 5.74) is 1.51. The largest absolute Gasteiger partial charge is 0.383 e. The molecule has 0 saturated carbocycles. The van der Waals surface area contributed by atoms with Crippen molar-refractivity contribution in [1.29, 1.82) is 0 Å². The summed E-state index contributed by atoms with van der Waals surface area (Å²) >= 11 is 1.28. The zero-order chi connectivity index (χ0) is 28.0. The summed E-state index contributed by atoms with van der Waals surface area (Å²) in [6.45, 7) is 3.18. The van der Waals surface area contributed by atoms with Crippen molar-refractivity contribution in [3.8, 4) is 0 Å². The number of carbonyl (C=O) groups is 3. The average Bonchev–Trinajstić information content (AvgIpc) is 3.24. The Labute approximate surface area is 227 Å². The van der Waals surface area contributed by atoms with Crippen molar-refractivity contribution >= 4 is 44.1 Å². The second-order valence-corrected chi connectivity index (χ2v) is 12.0. The number of benzene rings is 1. The molecule has 2 aromatic rings. The van der Waals surface area contributed by atoms with E-state index in [0.717, 1.165) is 10.4 Å². The van der Waals surface area contributed by atoms with Gasteiger partial charge in [-0.3, -0.25) is 14.4 Å². The van der Waals surface area contributed by atoms with Gasteiger partial charge in [-0.2, -0.15) is 4.31 Å². The molecular weight excluding hydrogens is 532 g/mol. The van der Waals surface area contributed by atoms with E-state index >= 15 is 0 Å². The monoisotopic (exact) mass is 566 g/mol. The number of hydrogen-bond donors (Lipinski definition) is 1. The van der Waals surface area contributed by atoms with E-state index < -0.39 is 15.9 Å². The Morgan fingerprint density at radius 3 is 2.18 bits per heavy atom. The molecule has 0 bridgehead atoms. The summed E-state index contributed by atoms with van der Waals surface area (Å²) in [6.07, 6.45) is 0.519. The molecule has 3 rings (SSSR count). The fraction of sp³-hybridized carbons (Fsp3) is 0.480. The van der Waals surface area contributed by atoms with Crippen LogP contribution < -0.4 is 5.32 Å². The van der Waals surface area contributed by atoms with E-state index in [9.17, 15) is 22.8 Å². The lowest BCUT2D eigenvalue weighted by Crippen LogP contribution is -2.36. The van der Waals surface area contributed by atoms with Crippen molar-refractivity contribution in [2.45, 2.75) is 24.8 Å². The summed E-state index contributed by atoms with van der Waals surface area (Å²) in [4.78, 5) is 42.1. The number of fused-ring (bicyclic) bond motifs is 1. The Kier molecular flexibility index (Phi) is 10.0. The number of nitrogens with zero attached hydrogens (tertiary/aromatic N) is 3. The Hall–Kier alpha value is -2.84. The number of hydrogen-bond acceptors (Lipinski definition) is 8. The van der Waals surface area contributed by atoms with Gasteiger partial charge in [-0.1, -0.05) is 0 Å². The van der Waals surface area contributed by atoms with Gasteiger partial charge in [0.15, 0.2) is 0 Å². The van der Waals surface area contributed by atoms with Crippen LogP contribution in [0.5, 0.6) is 0 Å². The van der Waals surface area contributed by atoms with E-state index in [0.29, 0.717) is 30.1 Å². The third-order valence-electron chi connectivity index (χ3n) is 6.19. The van der Waals surface area contributed by atoms with Crippen LogP contribution in [0.2, 0.25) is 0 Å². The lowest BCUT2D eigenvalue weighted by atomic mass is 10.0. The molecular formula is C25H34N4O7S2. The van der Waals surface area contributed by atoms with Crippen LogP contribution in [0, 0.1) is 0 Å². The zero-order valence-electron chi connectivity index (χ0n) is 22.3. The summed E-state index contributed by atoms with van der Waals surface area (Å²) in [6, 6.07) is 5.64. The molecule has 0 fully saturated rings. The minimum absolute atomic E-state index is 0.0423. The summed E-state index contributed by atoms with van der Waals surface area (Å²) in [5.74, 6) is -0.754. The molecule has 0 aliphatic carbocycles. The predicted molar refractivity (Wildman–Crippen MR) is 144 cm³/mol. The smallest absolute Gasteiger partial charge is 0.256 e. The number of sulfonamides is 1. The number of amides is 3. The Balaban J connectivity index is 1.85. The summed E-state index contributed by atoms with van der Waals surface area (Å²) < 4.78 is 37.6. The molecule has 0 atom stereocenters. The maximum Gasteiger partial charge on any atom is 0.256 e. The molecule has 1 aromatic carbocycles. The maximum atomic E-state index is 13.1. The van der Waals surface area contributed by atoms with Crippen LogP contribution in [0.4, 0.5) is 5.00 Å². The fourth-order valence-corrected chi connectivity index (χ4v) is 6.71. The van der Waals surface area contributed by atoms with Gasteiger partial charge in [-0.15, -0.1) is 11.3 Å². The molecule has 0 saturated heterocycles. The van der Waals surface area contributed by atoms with Gasteiger partial charge in [0.05, 0.1) is 30.2 Å². The van der Waals surface area contributed by atoms with Crippen molar-refractivity contribution in [2.75, 3.05) is 66.5 Å². The molecule has 0 unspecified atom stereocenters. The number of nitrogens with one attached hydrogen (secondary N) is 1. The van der Waals surface area contributed by atoms with Gasteiger partial charge < -0.3 is 24.6 Å². The molecule has 208 valence electrons. The van der Waals surface area contributed by atoms with Crippen molar-refractivity contribution in [1.82, 2.24) is 14.1 Å². The lowest BCUT2D eigenvalue weighted by Gasteiger charge is -2.26. The SMILES string of the molecule is COCCN(CCOC)S(=O)(=O)c1ccc(C(=O)Nc2sc3c(c2C(=O)N(C)C)CCN(C(C)=O)C3)cc1. The van der Waals surface area contributed by atoms with Crippen LogP contribution in [-0.2, 0) is 37.3 Å². The van der Waals surface area contributed by atoms with Gasteiger partial charge in [0.25, 0.3) is 11.8 Å². The van der Waals surface area contributed by atoms with Crippen LogP contribution >= 0.6 is 11.3 Å². The highest BCUT2D eigenvalue weighted by Crippen LogP contribution is 2.38. The van der Waals surface area contributed by atoms with Gasteiger partial charge in [0, 0.05) is 65.3 Å². The van der Waals surface area contributed by atoms with Crippen LogP contribution in [-0.4, -0.2) is 101 Å². The third-order valence-corrected chi connectivity index (χ3v) is 9.24. The van der Waals surface area contributed by atoms with E-state index in [1.54, 1.807) is 19.0 Å². The van der Waals surface area contributed by atoms with Crippen LogP contribution in [0.3, 0.4) is 0 Å². The number of ether oxygens (including phenoxy) is 2. The number of methoxy groups -OCH3 is 2. The molecule has 38 heavy (non-hydrogen) atoms. The van der Waals surface area contributed by atoms with E-state index in [4.69, 9.17) is 9.47 Å². The quantitative estimate of drug-likeness (QED) is 0.440.